The van der Waals surface area contributed by atoms with Crippen LogP contribution in [0, 0.1) is 30.6 Å². The Balaban J connectivity index is 1.12. The topological polar surface area (TPSA) is 110 Å². The Morgan fingerprint density at radius 1 is 0.825 bits per heavy atom. The summed E-state index contributed by atoms with van der Waals surface area (Å²) >= 11 is 0. The number of likely N-dealkylation sites (tertiary alicyclic amines) is 2. The number of phenolic OH excluding ortho intramolecular Hbond substituents is 1. The number of carbonyl (C=O) groups excluding carboxylic acids is 4. The van der Waals surface area contributed by atoms with Crippen LogP contribution >= 0.6 is 0 Å². The van der Waals surface area contributed by atoms with E-state index in [1.807, 2.05) is 97.9 Å². The van der Waals surface area contributed by atoms with Crippen molar-refractivity contribution >= 4 is 29.3 Å². The van der Waals surface area contributed by atoms with Crippen LogP contribution < -0.4 is 5.43 Å². The van der Waals surface area contributed by atoms with E-state index < -0.39 is 46.8 Å². The number of hydrogen-bond acceptors (Lipinski definition) is 7. The molecule has 3 heterocycles. The van der Waals surface area contributed by atoms with Crippen molar-refractivity contribution in [3.8, 4) is 5.75 Å². The summed E-state index contributed by atoms with van der Waals surface area (Å²) in [4.78, 5) is 63.7. The second kappa shape index (κ2) is 14.6. The SMILES string of the molecule is C=CCc1cccc(C2C3=CCC4C(=O)N(C5CCN(Cc6ccccc6)CC5)C(=O)C4C3CC3C(=O)N(Nc4ccc(C)cc4)C(=O)C32c2ccccc2)c1O. The molecule has 0 aromatic heterocycles. The predicted octanol–water partition coefficient (Wildman–Crippen LogP) is 7.08. The van der Waals surface area contributed by atoms with Crippen molar-refractivity contribution in [2.24, 2.45) is 23.7 Å². The lowest BCUT2D eigenvalue weighted by Crippen LogP contribution is -2.53. The van der Waals surface area contributed by atoms with Gasteiger partial charge in [0.15, 0.2) is 0 Å². The van der Waals surface area contributed by atoms with E-state index in [2.05, 4.69) is 35.1 Å². The number of imide groups is 2. The molecule has 3 aliphatic heterocycles. The Morgan fingerprint density at radius 2 is 1.53 bits per heavy atom. The lowest BCUT2D eigenvalue weighted by atomic mass is 9.49. The van der Waals surface area contributed by atoms with Gasteiger partial charge in [0.1, 0.15) is 5.75 Å². The summed E-state index contributed by atoms with van der Waals surface area (Å²) in [5, 5.41) is 13.3. The lowest BCUT2D eigenvalue weighted by molar-refractivity contribution is -0.144. The molecule has 6 unspecified atom stereocenters. The van der Waals surface area contributed by atoms with Crippen LogP contribution in [-0.2, 0) is 37.6 Å². The van der Waals surface area contributed by atoms with E-state index in [0.717, 1.165) is 35.8 Å². The van der Waals surface area contributed by atoms with Crippen molar-refractivity contribution in [2.75, 3.05) is 18.5 Å². The number of anilines is 1. The number of allylic oxidation sites excluding steroid dienone is 3. The first-order valence-corrected chi connectivity index (χ1v) is 20.2. The molecular weight excluding hydrogens is 713 g/mol. The molecule has 9 heteroatoms. The van der Waals surface area contributed by atoms with Crippen LogP contribution in [0.3, 0.4) is 0 Å². The molecule has 1 saturated carbocycles. The second-order valence-electron chi connectivity index (χ2n) is 16.5. The fraction of sp³-hybridized carbons (Fsp3) is 0.333. The Morgan fingerprint density at radius 3 is 2.23 bits per heavy atom. The monoisotopic (exact) mass is 760 g/mol. The Hall–Kier alpha value is -5.80. The number of nitrogens with one attached hydrogen (secondary N) is 1. The summed E-state index contributed by atoms with van der Waals surface area (Å²) < 4.78 is 0. The van der Waals surface area contributed by atoms with E-state index in [0.29, 0.717) is 48.1 Å². The first-order valence-electron chi connectivity index (χ1n) is 20.2. The number of aryl methyl sites for hydroxylation is 1. The number of aromatic hydroxyl groups is 1. The molecule has 9 nitrogen and oxygen atoms in total. The zero-order valence-electron chi connectivity index (χ0n) is 32.2. The maximum absolute atomic E-state index is 15.5. The standard InChI is InChI=1S/C48H48N4O5/c1-3-11-32-14-10-17-38(43(32)53)42-36-22-23-37-41(46(56)51(44(37)54)35-24-26-50(27-25-35)29-31-12-6-4-7-13-31)39(36)28-40-45(55)52(49-34-20-18-30(2)19-21-34)47(57)48(40,42)33-15-8-5-9-16-33/h3-10,12-22,35,37,39-42,49,53H,1,11,23-29H2,2H3. The summed E-state index contributed by atoms with van der Waals surface area (Å²) in [7, 11) is 0. The van der Waals surface area contributed by atoms with Gasteiger partial charge in [-0.3, -0.25) is 34.4 Å². The second-order valence-corrected chi connectivity index (χ2v) is 16.5. The van der Waals surface area contributed by atoms with Gasteiger partial charge in [-0.25, -0.2) is 0 Å². The smallest absolute Gasteiger partial charge is 0.260 e. The van der Waals surface area contributed by atoms with Crippen molar-refractivity contribution in [3.63, 3.8) is 0 Å². The summed E-state index contributed by atoms with van der Waals surface area (Å²) in [6.45, 7) is 8.26. The van der Waals surface area contributed by atoms with Gasteiger partial charge in [-0.1, -0.05) is 114 Å². The Bertz CT molecular complexity index is 2260. The third kappa shape index (κ3) is 5.93. The van der Waals surface area contributed by atoms with Crippen LogP contribution in [0.25, 0.3) is 0 Å². The van der Waals surface area contributed by atoms with Gasteiger partial charge in [0.25, 0.3) is 11.8 Å². The van der Waals surface area contributed by atoms with Crippen LogP contribution in [0.1, 0.15) is 59.4 Å². The number of amides is 4. The molecule has 4 aromatic carbocycles. The minimum absolute atomic E-state index is 0.0445. The van der Waals surface area contributed by atoms with Gasteiger partial charge in [-0.05, 0) is 73.8 Å². The highest BCUT2D eigenvalue weighted by molar-refractivity contribution is 6.13. The third-order valence-electron chi connectivity index (χ3n) is 13.4. The Kier molecular flexibility index (Phi) is 9.44. The fourth-order valence-electron chi connectivity index (χ4n) is 10.8. The molecule has 0 radical (unpaired) electrons. The average Bonchev–Trinajstić information content (AvgIpc) is 3.61. The molecule has 0 bridgehead atoms. The van der Waals surface area contributed by atoms with Gasteiger partial charge in [-0.2, -0.15) is 5.01 Å². The zero-order valence-corrected chi connectivity index (χ0v) is 32.2. The number of benzene rings is 4. The van der Waals surface area contributed by atoms with E-state index >= 15 is 4.79 Å². The van der Waals surface area contributed by atoms with Crippen LogP contribution in [0.4, 0.5) is 5.69 Å². The molecule has 9 rings (SSSR count). The maximum Gasteiger partial charge on any atom is 0.260 e. The summed E-state index contributed by atoms with van der Waals surface area (Å²) in [5.74, 6) is -4.47. The van der Waals surface area contributed by atoms with Gasteiger partial charge < -0.3 is 5.11 Å². The van der Waals surface area contributed by atoms with Gasteiger partial charge in [0.2, 0.25) is 11.8 Å². The van der Waals surface area contributed by atoms with E-state index in [1.54, 1.807) is 11.0 Å². The molecule has 290 valence electrons. The maximum atomic E-state index is 15.5. The van der Waals surface area contributed by atoms with E-state index in [1.165, 1.54) is 5.56 Å². The third-order valence-corrected chi connectivity index (χ3v) is 13.4. The molecule has 4 fully saturated rings. The van der Waals surface area contributed by atoms with Crippen molar-refractivity contribution in [2.45, 2.75) is 62.9 Å². The predicted molar refractivity (Wildman–Crippen MR) is 217 cm³/mol. The van der Waals surface area contributed by atoms with E-state index in [9.17, 15) is 19.5 Å². The number of rotatable bonds is 9. The molecule has 5 aliphatic rings. The number of hydrazine groups is 1. The highest BCUT2D eigenvalue weighted by Gasteiger charge is 2.70. The Labute approximate surface area is 333 Å². The number of hydrogen-bond donors (Lipinski definition) is 2. The van der Waals surface area contributed by atoms with Crippen molar-refractivity contribution in [1.29, 1.82) is 0 Å². The zero-order chi connectivity index (χ0) is 39.4. The molecule has 2 N–H and O–H groups in total. The molecule has 2 aliphatic carbocycles. The number of nitrogens with zero attached hydrogens (tertiary/aromatic N) is 3. The average molecular weight is 761 g/mol. The molecule has 57 heavy (non-hydrogen) atoms. The normalized spacial score (nSPS) is 27.5. The number of fused-ring (bicyclic) bond motifs is 4. The first-order chi connectivity index (χ1) is 27.7. The highest BCUT2D eigenvalue weighted by atomic mass is 16.3. The largest absolute Gasteiger partial charge is 0.507 e. The van der Waals surface area contributed by atoms with Crippen LogP contribution in [0.15, 0.2) is 127 Å². The lowest BCUT2D eigenvalue weighted by Gasteiger charge is -2.50. The summed E-state index contributed by atoms with van der Waals surface area (Å²) in [5.41, 5.74) is 7.25. The van der Waals surface area contributed by atoms with Crippen molar-refractivity contribution < 1.29 is 24.3 Å². The van der Waals surface area contributed by atoms with Gasteiger partial charge >= 0.3 is 0 Å². The van der Waals surface area contributed by atoms with Gasteiger partial charge in [0.05, 0.1) is 28.9 Å². The fourth-order valence-corrected chi connectivity index (χ4v) is 10.8. The van der Waals surface area contributed by atoms with E-state index in [4.69, 9.17) is 0 Å². The van der Waals surface area contributed by atoms with Crippen LogP contribution in [-0.4, -0.2) is 62.7 Å². The number of carbonyl (C=O) groups is 4. The molecule has 4 aromatic rings. The number of phenols is 1. The summed E-state index contributed by atoms with van der Waals surface area (Å²) in [6, 6.07) is 32.6. The molecule has 4 amide bonds. The molecule has 0 spiro atoms. The minimum atomic E-state index is -1.45. The van der Waals surface area contributed by atoms with Gasteiger partial charge in [0, 0.05) is 37.2 Å². The van der Waals surface area contributed by atoms with Gasteiger partial charge in [-0.15, -0.1) is 6.58 Å². The first kappa shape index (κ1) is 36.8. The minimum Gasteiger partial charge on any atom is -0.507 e. The van der Waals surface area contributed by atoms with Crippen LogP contribution in [0.2, 0.25) is 0 Å². The number of piperidine rings is 1. The molecular formula is C48H48N4O5. The number of para-hydroxylation sites is 1. The quantitative estimate of drug-likeness (QED) is 0.139. The van der Waals surface area contributed by atoms with Crippen molar-refractivity contribution in [3.05, 3.63) is 155 Å². The summed E-state index contributed by atoms with van der Waals surface area (Å²) in [6.07, 6.45) is 6.15. The molecule has 6 atom stereocenters. The van der Waals surface area contributed by atoms with Crippen molar-refractivity contribution in [1.82, 2.24) is 14.8 Å². The van der Waals surface area contributed by atoms with E-state index in [-0.39, 0.29) is 30.0 Å². The molecule has 3 saturated heterocycles. The highest BCUT2D eigenvalue weighted by Crippen LogP contribution is 2.65. The van der Waals surface area contributed by atoms with Crippen LogP contribution in [0.5, 0.6) is 5.75 Å².